The highest BCUT2D eigenvalue weighted by molar-refractivity contribution is 7.94. The summed E-state index contributed by atoms with van der Waals surface area (Å²) in [6.07, 6.45) is 2.48. The molecule has 9 nitrogen and oxygen atoms in total. The number of likely N-dealkylation sites (N-methyl/N-ethyl adjacent to an activating group) is 1. The van der Waals surface area contributed by atoms with Crippen LogP contribution in [0.15, 0.2) is 12.4 Å². The summed E-state index contributed by atoms with van der Waals surface area (Å²) in [5.74, 6) is -1.75. The number of nitrogens with one attached hydrogen (secondary N) is 2. The third kappa shape index (κ3) is 3.95. The first-order valence-corrected chi connectivity index (χ1v) is 6.78. The lowest BCUT2D eigenvalue weighted by Crippen LogP contribution is -2.31. The van der Waals surface area contributed by atoms with Crippen LogP contribution in [0.1, 0.15) is 6.92 Å². The molecule has 1 atom stereocenters. The molecule has 10 heteroatoms. The Kier molecular flexibility index (Phi) is 4.48. The Morgan fingerprint density at radius 3 is 2.68 bits per heavy atom. The van der Waals surface area contributed by atoms with Crippen LogP contribution in [0.2, 0.25) is 0 Å². The Balaban J connectivity index is 2.79. The number of aliphatic carboxylic acids is 1. The minimum Gasteiger partial charge on any atom is -0.480 e. The Labute approximate surface area is 109 Å². The molecule has 3 N–H and O–H groups in total. The van der Waals surface area contributed by atoms with Crippen LogP contribution in [-0.4, -0.2) is 47.5 Å². The molecular weight excluding hydrogens is 276 g/mol. The van der Waals surface area contributed by atoms with Gasteiger partial charge in [-0.15, -0.1) is 0 Å². The predicted molar refractivity (Wildman–Crippen MR) is 65.9 cm³/mol. The topological polar surface area (TPSA) is 130 Å². The molecule has 0 saturated heterocycles. The van der Waals surface area contributed by atoms with Gasteiger partial charge in [-0.1, -0.05) is 0 Å². The summed E-state index contributed by atoms with van der Waals surface area (Å²) < 4.78 is 26.6. The molecule has 106 valence electrons. The highest BCUT2D eigenvalue weighted by Gasteiger charge is 2.27. The molecule has 0 saturated carbocycles. The van der Waals surface area contributed by atoms with E-state index in [2.05, 4.69) is 15.1 Å². The van der Waals surface area contributed by atoms with Gasteiger partial charge in [-0.25, -0.2) is 8.42 Å². The number of carbonyl (C=O) groups excluding carboxylic acids is 1. The molecule has 0 aliphatic carbocycles. The largest absolute Gasteiger partial charge is 0.480 e. The second-order valence-corrected chi connectivity index (χ2v) is 5.73. The normalized spacial score (nSPS) is 12.7. The van der Waals surface area contributed by atoms with E-state index in [1.165, 1.54) is 24.1 Å². The predicted octanol–water partition coefficient (Wildman–Crippen LogP) is -1.16. The van der Waals surface area contributed by atoms with E-state index in [1.54, 1.807) is 0 Å². The van der Waals surface area contributed by atoms with Crippen molar-refractivity contribution in [2.45, 2.75) is 18.7 Å². The summed E-state index contributed by atoms with van der Waals surface area (Å²) in [5, 5.41) is 13.2. The zero-order valence-electron chi connectivity index (χ0n) is 10.3. The number of rotatable bonds is 6. The zero-order chi connectivity index (χ0) is 14.6. The van der Waals surface area contributed by atoms with Gasteiger partial charge in [0.25, 0.3) is 0 Å². The molecule has 0 spiro atoms. The van der Waals surface area contributed by atoms with Crippen LogP contribution in [0.3, 0.4) is 0 Å². The summed E-state index contributed by atoms with van der Waals surface area (Å²) in [4.78, 5) is 21.7. The van der Waals surface area contributed by atoms with Gasteiger partial charge in [-0.2, -0.15) is 5.10 Å². The number of carboxylic acid groups (broad SMARTS) is 1. The quantitative estimate of drug-likeness (QED) is 0.606. The summed E-state index contributed by atoms with van der Waals surface area (Å²) >= 11 is 0. The third-order valence-corrected chi connectivity index (χ3v) is 3.94. The summed E-state index contributed by atoms with van der Waals surface area (Å²) in [6, 6.07) is 0. The third-order valence-electron chi connectivity index (χ3n) is 2.29. The molecule has 0 aliphatic heterocycles. The maximum absolute atomic E-state index is 11.6. The van der Waals surface area contributed by atoms with Gasteiger partial charge in [-0.3, -0.25) is 19.0 Å². The Hall–Kier alpha value is -2.10. The SMILES string of the molecule is CNC(=O)Cn1cc(NS(=O)(=O)C(C)C(=O)O)cn1. The average Bonchev–Trinajstić information content (AvgIpc) is 2.74. The highest BCUT2D eigenvalue weighted by atomic mass is 32.2. The number of aromatic nitrogens is 2. The Bertz CT molecular complexity index is 579. The molecule has 1 unspecified atom stereocenters. The minimum absolute atomic E-state index is 0.0628. The molecule has 0 radical (unpaired) electrons. The molecular formula is C9H14N4O5S. The number of amides is 1. The maximum atomic E-state index is 11.6. The number of sulfonamides is 1. The molecule has 1 aromatic rings. The van der Waals surface area contributed by atoms with Crippen LogP contribution in [0.25, 0.3) is 0 Å². The lowest BCUT2D eigenvalue weighted by atomic mass is 10.5. The van der Waals surface area contributed by atoms with E-state index < -0.39 is 21.2 Å². The standard InChI is InChI=1S/C9H14N4O5S/c1-6(9(15)16)19(17,18)12-7-3-11-13(4-7)5-8(14)10-2/h3-4,6,12H,5H2,1-2H3,(H,10,14)(H,15,16). The van der Waals surface area contributed by atoms with Gasteiger partial charge in [-0.05, 0) is 6.92 Å². The van der Waals surface area contributed by atoms with Crippen molar-refractivity contribution in [3.8, 4) is 0 Å². The molecule has 1 amide bonds. The van der Waals surface area contributed by atoms with Gasteiger partial charge in [0.05, 0.1) is 11.9 Å². The van der Waals surface area contributed by atoms with Gasteiger partial charge in [0.15, 0.2) is 5.25 Å². The van der Waals surface area contributed by atoms with Gasteiger partial charge in [0.2, 0.25) is 15.9 Å². The summed E-state index contributed by atoms with van der Waals surface area (Å²) in [5.41, 5.74) is 0.0944. The Morgan fingerprint density at radius 2 is 2.16 bits per heavy atom. The van der Waals surface area contributed by atoms with Gasteiger partial charge < -0.3 is 10.4 Å². The lowest BCUT2D eigenvalue weighted by Gasteiger charge is -2.09. The molecule has 0 aromatic carbocycles. The highest BCUT2D eigenvalue weighted by Crippen LogP contribution is 2.11. The molecule has 1 rings (SSSR count). The van der Waals surface area contributed by atoms with E-state index in [4.69, 9.17) is 5.11 Å². The fraction of sp³-hybridized carbons (Fsp3) is 0.444. The lowest BCUT2D eigenvalue weighted by molar-refractivity contribution is -0.136. The van der Waals surface area contributed by atoms with Crippen LogP contribution in [0.4, 0.5) is 5.69 Å². The molecule has 1 heterocycles. The Morgan fingerprint density at radius 1 is 1.53 bits per heavy atom. The monoisotopic (exact) mass is 290 g/mol. The first-order valence-electron chi connectivity index (χ1n) is 5.23. The van der Waals surface area contributed by atoms with Crippen molar-refractivity contribution in [1.82, 2.24) is 15.1 Å². The zero-order valence-corrected chi connectivity index (χ0v) is 11.1. The number of carbonyl (C=O) groups is 2. The van der Waals surface area contributed by atoms with Crippen molar-refractivity contribution in [3.05, 3.63) is 12.4 Å². The second-order valence-electron chi connectivity index (χ2n) is 3.73. The first kappa shape index (κ1) is 15.0. The molecule has 19 heavy (non-hydrogen) atoms. The smallest absolute Gasteiger partial charge is 0.323 e. The van der Waals surface area contributed by atoms with Crippen molar-refractivity contribution in [2.75, 3.05) is 11.8 Å². The van der Waals surface area contributed by atoms with Crippen LogP contribution < -0.4 is 10.0 Å². The van der Waals surface area contributed by atoms with Crippen molar-refractivity contribution in [3.63, 3.8) is 0 Å². The first-order chi connectivity index (χ1) is 8.76. The number of carboxylic acids is 1. The van der Waals surface area contributed by atoms with E-state index in [0.717, 1.165) is 6.92 Å². The van der Waals surface area contributed by atoms with E-state index in [9.17, 15) is 18.0 Å². The van der Waals surface area contributed by atoms with Crippen LogP contribution in [0, 0.1) is 0 Å². The van der Waals surface area contributed by atoms with E-state index >= 15 is 0 Å². The number of hydrogen-bond acceptors (Lipinski definition) is 5. The number of nitrogens with zero attached hydrogens (tertiary/aromatic N) is 2. The van der Waals surface area contributed by atoms with Gasteiger partial charge >= 0.3 is 5.97 Å². The molecule has 0 aliphatic rings. The van der Waals surface area contributed by atoms with Crippen LogP contribution in [0.5, 0.6) is 0 Å². The van der Waals surface area contributed by atoms with E-state index in [0.29, 0.717) is 0 Å². The van der Waals surface area contributed by atoms with Crippen LogP contribution >= 0.6 is 0 Å². The van der Waals surface area contributed by atoms with Crippen molar-refractivity contribution < 1.29 is 23.1 Å². The second kappa shape index (κ2) is 5.69. The fourth-order valence-corrected chi connectivity index (χ4v) is 1.99. The summed E-state index contributed by atoms with van der Waals surface area (Å²) in [7, 11) is -2.57. The molecule has 1 aromatic heterocycles. The number of anilines is 1. The average molecular weight is 290 g/mol. The fourth-order valence-electron chi connectivity index (χ4n) is 1.11. The molecule has 0 fully saturated rings. The van der Waals surface area contributed by atoms with Crippen molar-refractivity contribution in [1.29, 1.82) is 0 Å². The van der Waals surface area contributed by atoms with E-state index in [1.807, 2.05) is 0 Å². The maximum Gasteiger partial charge on any atom is 0.323 e. The van der Waals surface area contributed by atoms with E-state index in [-0.39, 0.29) is 18.1 Å². The van der Waals surface area contributed by atoms with Crippen molar-refractivity contribution >= 4 is 27.6 Å². The molecule has 0 bridgehead atoms. The van der Waals surface area contributed by atoms with Gasteiger partial charge in [0.1, 0.15) is 6.54 Å². The summed E-state index contributed by atoms with van der Waals surface area (Å²) in [6.45, 7) is 0.992. The van der Waals surface area contributed by atoms with Gasteiger partial charge in [0, 0.05) is 13.2 Å². The number of hydrogen-bond donors (Lipinski definition) is 3. The minimum atomic E-state index is -4.04. The van der Waals surface area contributed by atoms with Crippen molar-refractivity contribution in [2.24, 2.45) is 0 Å². The van der Waals surface area contributed by atoms with Crippen LogP contribution in [-0.2, 0) is 26.2 Å².